The Kier molecular flexibility index (Phi) is 5.88. The van der Waals surface area contributed by atoms with Gasteiger partial charge < -0.3 is 5.32 Å². The predicted octanol–water partition coefficient (Wildman–Crippen LogP) is 0.169. The predicted molar refractivity (Wildman–Crippen MR) is 75.8 cm³/mol. The first-order valence-electron chi connectivity index (χ1n) is 5.86. The summed E-state index contributed by atoms with van der Waals surface area (Å²) in [7, 11) is -0.602. The van der Waals surface area contributed by atoms with Crippen LogP contribution in [0, 0.1) is 0 Å². The van der Waals surface area contributed by atoms with Crippen molar-refractivity contribution < 1.29 is 13.2 Å². The molecule has 8 nitrogen and oxygen atoms in total. The molecule has 0 radical (unpaired) electrons. The van der Waals surface area contributed by atoms with Gasteiger partial charge in [0, 0.05) is 20.6 Å². The van der Waals surface area contributed by atoms with E-state index in [2.05, 4.69) is 15.7 Å². The van der Waals surface area contributed by atoms with E-state index < -0.39 is 16.2 Å². The number of nitrogens with zero attached hydrogens (tertiary/aromatic N) is 3. The summed E-state index contributed by atoms with van der Waals surface area (Å²) >= 11 is 1.16. The van der Waals surface area contributed by atoms with Crippen LogP contribution in [0.1, 0.15) is 19.8 Å². The first-order chi connectivity index (χ1) is 8.91. The second kappa shape index (κ2) is 6.96. The van der Waals surface area contributed by atoms with Crippen molar-refractivity contribution in [3.8, 4) is 0 Å². The van der Waals surface area contributed by atoms with Gasteiger partial charge in [0.25, 0.3) is 0 Å². The molecule has 1 aliphatic rings. The number of urea groups is 1. The van der Waals surface area contributed by atoms with Crippen molar-refractivity contribution in [2.24, 2.45) is 5.10 Å². The van der Waals surface area contributed by atoms with Crippen LogP contribution in [0.3, 0.4) is 0 Å². The van der Waals surface area contributed by atoms with Crippen molar-refractivity contribution in [1.82, 2.24) is 19.4 Å². The zero-order valence-electron chi connectivity index (χ0n) is 11.2. The summed E-state index contributed by atoms with van der Waals surface area (Å²) in [5, 5.41) is 8.98. The van der Waals surface area contributed by atoms with Crippen molar-refractivity contribution >= 4 is 33.2 Å². The molecule has 0 saturated heterocycles. The van der Waals surface area contributed by atoms with Gasteiger partial charge in [0.05, 0.1) is 0 Å². The number of carbonyl (C=O) groups excluding carboxylic acids is 1. The van der Waals surface area contributed by atoms with E-state index in [1.165, 1.54) is 18.4 Å². The van der Waals surface area contributed by atoms with E-state index in [1.807, 2.05) is 6.92 Å². The maximum Gasteiger partial charge on any atom is 0.320 e. The summed E-state index contributed by atoms with van der Waals surface area (Å²) in [5.74, 6) is 0.165. The van der Waals surface area contributed by atoms with Gasteiger partial charge in [-0.25, -0.2) is 4.79 Å². The normalized spacial score (nSPS) is 15.6. The Labute approximate surface area is 117 Å². The first kappa shape index (κ1) is 16.1. The number of hydrogen-bond donors (Lipinski definition) is 2. The zero-order valence-corrected chi connectivity index (χ0v) is 12.8. The number of hydrogen-bond acceptors (Lipinski definition) is 5. The lowest BCUT2D eigenvalue weighted by atomic mass is 10.3. The lowest BCUT2D eigenvalue weighted by molar-refractivity contribution is 0.247. The van der Waals surface area contributed by atoms with Crippen molar-refractivity contribution in [3.63, 3.8) is 0 Å². The maximum absolute atomic E-state index is 12.1. The van der Waals surface area contributed by atoms with Gasteiger partial charge in [-0.1, -0.05) is 25.1 Å². The summed E-state index contributed by atoms with van der Waals surface area (Å²) in [6.07, 6.45) is 1.71. The highest BCUT2D eigenvalue weighted by Gasteiger charge is 2.30. The molecule has 0 aromatic carbocycles. The van der Waals surface area contributed by atoms with Crippen LogP contribution in [0.2, 0.25) is 0 Å². The van der Waals surface area contributed by atoms with E-state index in [1.54, 1.807) is 0 Å². The molecular formula is C9H19N5O3S2. The van der Waals surface area contributed by atoms with Crippen LogP contribution < -0.4 is 10.6 Å². The molecule has 1 aliphatic heterocycles. The van der Waals surface area contributed by atoms with Crippen molar-refractivity contribution in [3.05, 3.63) is 0 Å². The summed E-state index contributed by atoms with van der Waals surface area (Å²) in [6, 6.07) is -0.426. The Hall–Kier alpha value is -1.00. The Balaban J connectivity index is 2.68. The van der Waals surface area contributed by atoms with Crippen LogP contribution in [-0.2, 0) is 10.2 Å². The van der Waals surface area contributed by atoms with Crippen LogP contribution in [0.25, 0.3) is 0 Å². The Morgan fingerprint density at radius 3 is 2.84 bits per heavy atom. The number of unbranched alkanes of at least 4 members (excludes halogenated alkanes) is 1. The second-order valence-electron chi connectivity index (χ2n) is 3.89. The lowest BCUT2D eigenvalue weighted by Crippen LogP contribution is -2.38. The minimum absolute atomic E-state index is 0.165. The number of nitrogens with one attached hydrogen (secondary N) is 2. The Bertz CT molecular complexity index is 451. The Morgan fingerprint density at radius 1 is 1.58 bits per heavy atom. The lowest BCUT2D eigenvalue weighted by Gasteiger charge is -2.21. The molecule has 0 aliphatic carbocycles. The number of rotatable bonds is 5. The van der Waals surface area contributed by atoms with Gasteiger partial charge in [0.1, 0.15) is 5.88 Å². The van der Waals surface area contributed by atoms with E-state index in [4.69, 9.17) is 0 Å². The van der Waals surface area contributed by atoms with E-state index in [0.29, 0.717) is 6.54 Å². The summed E-state index contributed by atoms with van der Waals surface area (Å²) in [5.41, 5.74) is 0. The molecule has 0 saturated carbocycles. The molecule has 1 heterocycles. The minimum Gasteiger partial charge on any atom is -0.341 e. The Morgan fingerprint density at radius 2 is 2.26 bits per heavy atom. The third-order valence-electron chi connectivity index (χ3n) is 2.45. The number of thioether (sulfide) groups is 1. The fourth-order valence-electron chi connectivity index (χ4n) is 1.27. The highest BCUT2D eigenvalue weighted by atomic mass is 32.2. The van der Waals surface area contributed by atoms with E-state index in [9.17, 15) is 13.2 Å². The average Bonchev–Trinajstić information content (AvgIpc) is 2.84. The summed E-state index contributed by atoms with van der Waals surface area (Å²) in [6.45, 7) is 2.45. The highest BCUT2D eigenvalue weighted by molar-refractivity contribution is 8.14. The van der Waals surface area contributed by atoms with E-state index in [-0.39, 0.29) is 11.0 Å². The molecule has 1 rings (SSSR count). The number of carbonyl (C=O) groups is 1. The zero-order chi connectivity index (χ0) is 14.5. The van der Waals surface area contributed by atoms with Crippen LogP contribution in [0.4, 0.5) is 4.79 Å². The SMILES string of the molecule is CCCCN(C)S(=O)(=O)N1CSC(NC(=O)NC)=N1. The maximum atomic E-state index is 12.1. The molecule has 2 N–H and O–H groups in total. The molecule has 0 unspecified atom stereocenters. The van der Waals surface area contributed by atoms with Gasteiger partial charge in [0.2, 0.25) is 0 Å². The van der Waals surface area contributed by atoms with Crippen LogP contribution in [0.15, 0.2) is 5.10 Å². The van der Waals surface area contributed by atoms with Gasteiger partial charge in [-0.2, -0.15) is 17.1 Å². The molecule has 110 valence electrons. The summed E-state index contributed by atoms with van der Waals surface area (Å²) < 4.78 is 26.5. The van der Waals surface area contributed by atoms with Crippen LogP contribution >= 0.6 is 11.8 Å². The topological polar surface area (TPSA) is 94.1 Å². The first-order valence-corrected chi connectivity index (χ1v) is 8.24. The fraction of sp³-hybridized carbons (Fsp3) is 0.778. The second-order valence-corrected chi connectivity index (χ2v) is 6.76. The van der Waals surface area contributed by atoms with E-state index >= 15 is 0 Å². The number of amidine groups is 1. The monoisotopic (exact) mass is 309 g/mol. The largest absolute Gasteiger partial charge is 0.341 e. The number of amides is 2. The average molecular weight is 309 g/mol. The van der Waals surface area contributed by atoms with Gasteiger partial charge in [-0.15, -0.1) is 5.10 Å². The highest BCUT2D eigenvalue weighted by Crippen LogP contribution is 2.20. The van der Waals surface area contributed by atoms with Gasteiger partial charge in [0.15, 0.2) is 5.17 Å². The van der Waals surface area contributed by atoms with Crippen molar-refractivity contribution in [2.75, 3.05) is 26.5 Å². The van der Waals surface area contributed by atoms with Crippen LogP contribution in [-0.4, -0.2) is 54.9 Å². The molecule has 2 amide bonds. The molecule has 0 aromatic rings. The molecular weight excluding hydrogens is 290 g/mol. The third-order valence-corrected chi connectivity index (χ3v) is 5.16. The molecule has 19 heavy (non-hydrogen) atoms. The van der Waals surface area contributed by atoms with Gasteiger partial charge >= 0.3 is 16.2 Å². The standard InChI is InChI=1S/C9H19N5O3S2/c1-4-5-6-13(3)19(16,17)14-7-18-9(12-14)11-8(15)10-2/h4-7H2,1-3H3,(H2,10,11,12,15). The van der Waals surface area contributed by atoms with Crippen molar-refractivity contribution in [2.45, 2.75) is 19.8 Å². The molecule has 0 aromatic heterocycles. The molecule has 0 bridgehead atoms. The molecule has 10 heteroatoms. The minimum atomic E-state index is -3.60. The molecule has 0 spiro atoms. The summed E-state index contributed by atoms with van der Waals surface area (Å²) in [4.78, 5) is 11.1. The molecule has 0 fully saturated rings. The molecule has 0 atom stereocenters. The smallest absolute Gasteiger partial charge is 0.320 e. The fourth-order valence-corrected chi connectivity index (χ4v) is 3.49. The number of hydrazone groups is 1. The van der Waals surface area contributed by atoms with Crippen LogP contribution in [0.5, 0.6) is 0 Å². The van der Waals surface area contributed by atoms with Gasteiger partial charge in [-0.3, -0.25) is 5.32 Å². The van der Waals surface area contributed by atoms with Crippen molar-refractivity contribution in [1.29, 1.82) is 0 Å². The quantitative estimate of drug-likeness (QED) is 0.757. The van der Waals surface area contributed by atoms with E-state index in [0.717, 1.165) is 29.0 Å². The third kappa shape index (κ3) is 4.25. The van der Waals surface area contributed by atoms with Gasteiger partial charge in [-0.05, 0) is 6.42 Å².